The van der Waals surface area contributed by atoms with E-state index in [2.05, 4.69) is 5.32 Å². The number of carbonyl (C=O) groups is 2. The number of carboxylic acids is 1. The molecule has 9 heteroatoms. The van der Waals surface area contributed by atoms with Crippen LogP contribution < -0.4 is 5.32 Å². The Morgan fingerprint density at radius 1 is 1.35 bits per heavy atom. The van der Waals surface area contributed by atoms with Crippen molar-refractivity contribution < 1.29 is 39.9 Å². The number of carboxylic acid groups (broad SMARTS) is 1. The highest BCUT2D eigenvalue weighted by Gasteiger charge is 2.55. The first-order chi connectivity index (χ1) is 10.6. The first-order valence-corrected chi connectivity index (χ1v) is 7.40. The fourth-order valence-corrected chi connectivity index (χ4v) is 2.80. The molecule has 6 atom stereocenters. The zero-order valence-corrected chi connectivity index (χ0v) is 13.3. The molecule has 134 valence electrons. The third kappa shape index (κ3) is 3.99. The van der Waals surface area contributed by atoms with Gasteiger partial charge in [-0.1, -0.05) is 13.8 Å². The van der Waals surface area contributed by atoms with Crippen molar-refractivity contribution >= 4 is 11.9 Å². The summed E-state index contributed by atoms with van der Waals surface area (Å²) in [6.45, 7) is 3.59. The highest BCUT2D eigenvalue weighted by molar-refractivity contribution is 5.78. The molecule has 0 aliphatic carbocycles. The van der Waals surface area contributed by atoms with Crippen LogP contribution in [0.15, 0.2) is 0 Å². The average molecular weight is 335 g/mol. The summed E-state index contributed by atoms with van der Waals surface area (Å²) in [5, 5.41) is 51.0. The molecule has 2 unspecified atom stereocenters. The molecule has 1 saturated heterocycles. The number of aliphatic carboxylic acids is 1. The molecule has 0 saturated carbocycles. The number of nitrogens with one attached hydrogen (secondary N) is 1. The van der Waals surface area contributed by atoms with Gasteiger partial charge in [-0.25, -0.2) is 4.79 Å². The summed E-state index contributed by atoms with van der Waals surface area (Å²) < 4.78 is 5.57. The normalized spacial score (nSPS) is 34.0. The summed E-state index contributed by atoms with van der Waals surface area (Å²) in [5.74, 6) is -2.38. The molecule has 0 spiro atoms. The smallest absolute Gasteiger partial charge is 0.336 e. The number of aliphatic hydroxyl groups excluding tert-OH is 4. The van der Waals surface area contributed by atoms with Gasteiger partial charge in [-0.05, 0) is 5.92 Å². The van der Waals surface area contributed by atoms with Crippen molar-refractivity contribution in [1.82, 2.24) is 5.32 Å². The van der Waals surface area contributed by atoms with Crippen molar-refractivity contribution in [3.8, 4) is 0 Å². The highest BCUT2D eigenvalue weighted by Crippen LogP contribution is 2.37. The molecule has 0 bridgehead atoms. The molecule has 1 amide bonds. The number of hydrogen-bond donors (Lipinski definition) is 6. The third-order valence-corrected chi connectivity index (χ3v) is 4.21. The van der Waals surface area contributed by atoms with E-state index >= 15 is 0 Å². The van der Waals surface area contributed by atoms with Gasteiger partial charge in [-0.2, -0.15) is 0 Å². The highest BCUT2D eigenvalue weighted by atomic mass is 16.6. The largest absolute Gasteiger partial charge is 0.479 e. The van der Waals surface area contributed by atoms with Crippen molar-refractivity contribution in [2.45, 2.75) is 63.3 Å². The standard InChI is InChI=1S/C14H25NO8/c1-6(2)14(13(21)22)4-8(18)10(15-7(3)17)12(23-14)11(20)9(19)5-16/h6,8-12,16,18-20H,4-5H2,1-3H3,(H,15,17)(H,21,22)/t8-,9+,10+,11+,12?,14?/m0/s1. The third-order valence-electron chi connectivity index (χ3n) is 4.21. The average Bonchev–Trinajstić information content (AvgIpc) is 2.46. The van der Waals surface area contributed by atoms with Gasteiger partial charge >= 0.3 is 5.97 Å². The van der Waals surface area contributed by atoms with Crippen molar-refractivity contribution in [2.24, 2.45) is 5.92 Å². The van der Waals surface area contributed by atoms with Crippen molar-refractivity contribution in [3.05, 3.63) is 0 Å². The summed E-state index contributed by atoms with van der Waals surface area (Å²) in [5.41, 5.74) is -1.78. The number of amides is 1. The van der Waals surface area contributed by atoms with Crippen LogP contribution in [0.25, 0.3) is 0 Å². The molecule has 0 aromatic carbocycles. The maximum Gasteiger partial charge on any atom is 0.336 e. The minimum Gasteiger partial charge on any atom is -0.479 e. The van der Waals surface area contributed by atoms with Gasteiger partial charge in [0.15, 0.2) is 5.60 Å². The lowest BCUT2D eigenvalue weighted by Gasteiger charge is -2.48. The van der Waals surface area contributed by atoms with Crippen LogP contribution in [0.3, 0.4) is 0 Å². The summed E-state index contributed by atoms with van der Waals surface area (Å²) in [6.07, 6.45) is -6.30. The SMILES string of the molecule is CC(=O)N[C@H]1C([C@H](O)[C@H](O)CO)OC(C(=O)O)(C(C)C)C[C@@H]1O. The van der Waals surface area contributed by atoms with E-state index in [4.69, 9.17) is 9.84 Å². The van der Waals surface area contributed by atoms with Gasteiger partial charge in [0.1, 0.15) is 18.3 Å². The fraction of sp³-hybridized carbons (Fsp3) is 0.857. The van der Waals surface area contributed by atoms with Crippen LogP contribution in [-0.2, 0) is 14.3 Å². The van der Waals surface area contributed by atoms with E-state index in [0.29, 0.717) is 0 Å². The molecule has 1 heterocycles. The van der Waals surface area contributed by atoms with Gasteiger partial charge in [0.05, 0.1) is 18.8 Å². The molecule has 0 aromatic heterocycles. The van der Waals surface area contributed by atoms with Gasteiger partial charge in [0.25, 0.3) is 0 Å². The Morgan fingerprint density at radius 2 is 1.91 bits per heavy atom. The molecule has 0 radical (unpaired) electrons. The summed E-state index contributed by atoms with van der Waals surface area (Å²) >= 11 is 0. The number of hydrogen-bond acceptors (Lipinski definition) is 7. The number of carbonyl (C=O) groups excluding carboxylic acids is 1. The van der Waals surface area contributed by atoms with Gasteiger partial charge in [0, 0.05) is 13.3 Å². The van der Waals surface area contributed by atoms with E-state index in [9.17, 15) is 30.0 Å². The van der Waals surface area contributed by atoms with Crippen LogP contribution in [0.1, 0.15) is 27.2 Å². The predicted molar refractivity (Wildman–Crippen MR) is 77.4 cm³/mol. The van der Waals surface area contributed by atoms with Crippen molar-refractivity contribution in [2.75, 3.05) is 6.61 Å². The lowest BCUT2D eigenvalue weighted by Crippen LogP contribution is -2.68. The second kappa shape index (κ2) is 7.54. The molecule has 23 heavy (non-hydrogen) atoms. The summed E-state index contributed by atoms with van der Waals surface area (Å²) in [7, 11) is 0. The van der Waals surface area contributed by atoms with Crippen molar-refractivity contribution in [3.63, 3.8) is 0 Å². The summed E-state index contributed by atoms with van der Waals surface area (Å²) in [6, 6.07) is -1.12. The molecule has 1 rings (SSSR count). The quantitative estimate of drug-likeness (QED) is 0.320. The number of aliphatic hydroxyl groups is 4. The first kappa shape index (κ1) is 19.8. The van der Waals surface area contributed by atoms with Gasteiger partial charge in [-0.15, -0.1) is 0 Å². The van der Waals surface area contributed by atoms with Crippen LogP contribution in [0.4, 0.5) is 0 Å². The maximum absolute atomic E-state index is 11.7. The molecular weight excluding hydrogens is 310 g/mol. The van der Waals surface area contributed by atoms with Gasteiger partial charge < -0.3 is 35.6 Å². The zero-order chi connectivity index (χ0) is 17.9. The molecule has 0 aromatic rings. The Balaban J connectivity index is 3.23. The topological polar surface area (TPSA) is 157 Å². The maximum atomic E-state index is 11.7. The second-order valence-corrected chi connectivity index (χ2v) is 6.17. The minimum absolute atomic E-state index is 0.288. The van der Waals surface area contributed by atoms with Crippen LogP contribution >= 0.6 is 0 Å². The van der Waals surface area contributed by atoms with E-state index in [1.807, 2.05) is 0 Å². The molecule has 6 N–H and O–H groups in total. The lowest BCUT2D eigenvalue weighted by molar-refractivity contribution is -0.240. The van der Waals surface area contributed by atoms with Crippen LogP contribution in [-0.4, -0.2) is 80.1 Å². The van der Waals surface area contributed by atoms with E-state index < -0.39 is 60.5 Å². The zero-order valence-electron chi connectivity index (χ0n) is 13.3. The Labute approximate surface area is 133 Å². The molecular formula is C14H25NO8. The van der Waals surface area contributed by atoms with E-state index in [-0.39, 0.29) is 6.42 Å². The predicted octanol–water partition coefficient (Wildman–Crippen LogP) is -2.17. The van der Waals surface area contributed by atoms with Crippen molar-refractivity contribution in [1.29, 1.82) is 0 Å². The number of ether oxygens (including phenoxy) is 1. The second-order valence-electron chi connectivity index (χ2n) is 6.17. The van der Waals surface area contributed by atoms with Crippen LogP contribution in [0.2, 0.25) is 0 Å². The molecule has 1 aliphatic rings. The monoisotopic (exact) mass is 335 g/mol. The first-order valence-electron chi connectivity index (χ1n) is 7.40. The lowest BCUT2D eigenvalue weighted by atomic mass is 9.78. The molecule has 9 nitrogen and oxygen atoms in total. The Kier molecular flexibility index (Phi) is 6.49. The van der Waals surface area contributed by atoms with E-state index in [1.54, 1.807) is 13.8 Å². The molecule has 1 aliphatic heterocycles. The fourth-order valence-electron chi connectivity index (χ4n) is 2.80. The Bertz CT molecular complexity index is 442. The van der Waals surface area contributed by atoms with Gasteiger partial charge in [-0.3, -0.25) is 4.79 Å². The van der Waals surface area contributed by atoms with E-state index in [1.165, 1.54) is 6.92 Å². The Morgan fingerprint density at radius 3 is 2.30 bits per heavy atom. The molecule has 1 fully saturated rings. The summed E-state index contributed by atoms with van der Waals surface area (Å²) in [4.78, 5) is 23.0. The number of rotatable bonds is 6. The minimum atomic E-state index is -1.78. The van der Waals surface area contributed by atoms with Gasteiger partial charge in [0.2, 0.25) is 5.91 Å². The van der Waals surface area contributed by atoms with Crippen LogP contribution in [0.5, 0.6) is 0 Å². The van der Waals surface area contributed by atoms with E-state index in [0.717, 1.165) is 0 Å². The Hall–Kier alpha value is -1.26. The van der Waals surface area contributed by atoms with Crippen LogP contribution in [0, 0.1) is 5.92 Å².